The van der Waals surface area contributed by atoms with Crippen molar-refractivity contribution < 1.29 is 17.7 Å². The molecule has 3 aromatic rings. The molecule has 1 saturated heterocycles. The lowest BCUT2D eigenvalue weighted by atomic mass is 9.89. The molecule has 2 aromatic carbocycles. The van der Waals surface area contributed by atoms with Gasteiger partial charge in [-0.2, -0.15) is 0 Å². The molecular formula is C22H22ClN3O4S. The molecule has 4 rings (SSSR count). The monoisotopic (exact) mass is 459 g/mol. The molecule has 162 valence electrons. The lowest BCUT2D eigenvalue weighted by molar-refractivity contribution is 0.0712. The van der Waals surface area contributed by atoms with E-state index in [0.29, 0.717) is 40.7 Å². The minimum Gasteiger partial charge on any atom is -0.360 e. The van der Waals surface area contributed by atoms with Gasteiger partial charge in [0.15, 0.2) is 0 Å². The number of benzene rings is 2. The summed E-state index contributed by atoms with van der Waals surface area (Å²) in [5.41, 5.74) is 2.59. The molecule has 0 unspecified atom stereocenters. The highest BCUT2D eigenvalue weighted by molar-refractivity contribution is 7.89. The topological polar surface area (TPSA) is 106 Å². The average molecular weight is 460 g/mol. The molecule has 2 N–H and O–H groups in total. The Hall–Kier alpha value is -2.68. The van der Waals surface area contributed by atoms with Crippen LogP contribution in [0.5, 0.6) is 0 Å². The summed E-state index contributed by atoms with van der Waals surface area (Å²) >= 11 is 6.30. The standard InChI is InChI=1S/C22H22ClN3O4S/c1-14-20(21(25-30-14)18-4-2-3-5-19(18)23)22(27)26-12-10-16(11-13-26)15-6-8-17(9-7-15)31(24,28)29/h2-9,16H,10-13H2,1H3,(H2,24,28,29). The summed E-state index contributed by atoms with van der Waals surface area (Å²) < 4.78 is 28.2. The fraction of sp³-hybridized carbons (Fsp3) is 0.273. The van der Waals surface area contributed by atoms with Gasteiger partial charge in [0.2, 0.25) is 10.0 Å². The Kier molecular flexibility index (Phi) is 5.88. The van der Waals surface area contributed by atoms with Gasteiger partial charge in [-0.15, -0.1) is 0 Å². The highest BCUT2D eigenvalue weighted by Gasteiger charge is 2.30. The second kappa shape index (κ2) is 8.45. The van der Waals surface area contributed by atoms with E-state index in [1.54, 1.807) is 30.0 Å². The van der Waals surface area contributed by atoms with Crippen molar-refractivity contribution in [1.82, 2.24) is 10.1 Å². The maximum Gasteiger partial charge on any atom is 0.259 e. The molecule has 0 atom stereocenters. The highest BCUT2D eigenvalue weighted by Crippen LogP contribution is 2.34. The van der Waals surface area contributed by atoms with Crippen LogP contribution in [-0.2, 0) is 10.0 Å². The number of likely N-dealkylation sites (tertiary alicyclic amines) is 1. The van der Waals surface area contributed by atoms with E-state index in [9.17, 15) is 13.2 Å². The fourth-order valence-electron chi connectivity index (χ4n) is 3.96. The number of nitrogens with zero attached hydrogens (tertiary/aromatic N) is 2. The summed E-state index contributed by atoms with van der Waals surface area (Å²) in [6, 6.07) is 13.9. The van der Waals surface area contributed by atoms with Gasteiger partial charge < -0.3 is 9.42 Å². The Morgan fingerprint density at radius 3 is 2.39 bits per heavy atom. The summed E-state index contributed by atoms with van der Waals surface area (Å²) in [5.74, 6) is 0.572. The third-order valence-electron chi connectivity index (χ3n) is 5.67. The van der Waals surface area contributed by atoms with E-state index in [4.69, 9.17) is 21.3 Å². The zero-order valence-electron chi connectivity index (χ0n) is 16.9. The normalized spacial score (nSPS) is 15.3. The van der Waals surface area contributed by atoms with Crippen molar-refractivity contribution in [2.75, 3.05) is 13.1 Å². The lowest BCUT2D eigenvalue weighted by Crippen LogP contribution is -2.38. The van der Waals surface area contributed by atoms with Crippen LogP contribution < -0.4 is 5.14 Å². The molecule has 0 radical (unpaired) electrons. The zero-order valence-corrected chi connectivity index (χ0v) is 18.5. The fourth-order valence-corrected chi connectivity index (χ4v) is 4.71. The first-order valence-electron chi connectivity index (χ1n) is 9.89. The van der Waals surface area contributed by atoms with Crippen molar-refractivity contribution in [3.63, 3.8) is 0 Å². The van der Waals surface area contributed by atoms with E-state index in [1.165, 1.54) is 12.1 Å². The first-order chi connectivity index (χ1) is 14.8. The van der Waals surface area contributed by atoms with Crippen LogP contribution >= 0.6 is 11.6 Å². The van der Waals surface area contributed by atoms with Gasteiger partial charge in [0.05, 0.1) is 9.92 Å². The lowest BCUT2D eigenvalue weighted by Gasteiger charge is -2.32. The molecule has 1 amide bonds. The van der Waals surface area contributed by atoms with E-state index in [0.717, 1.165) is 18.4 Å². The number of carbonyl (C=O) groups is 1. The summed E-state index contributed by atoms with van der Waals surface area (Å²) in [7, 11) is -3.71. The molecule has 1 aromatic heterocycles. The highest BCUT2D eigenvalue weighted by atomic mass is 35.5. The van der Waals surface area contributed by atoms with Gasteiger partial charge in [0, 0.05) is 18.7 Å². The number of carbonyl (C=O) groups excluding carboxylic acids is 1. The van der Waals surface area contributed by atoms with Gasteiger partial charge >= 0.3 is 0 Å². The summed E-state index contributed by atoms with van der Waals surface area (Å²) in [5, 5.41) is 9.76. The van der Waals surface area contributed by atoms with Crippen LogP contribution in [0.15, 0.2) is 57.9 Å². The largest absolute Gasteiger partial charge is 0.360 e. The second-order valence-electron chi connectivity index (χ2n) is 7.62. The Morgan fingerprint density at radius 2 is 1.77 bits per heavy atom. The Bertz CT molecular complexity index is 1210. The summed E-state index contributed by atoms with van der Waals surface area (Å²) in [4.78, 5) is 15.2. The van der Waals surface area contributed by atoms with E-state index in [2.05, 4.69) is 5.16 Å². The van der Waals surface area contributed by atoms with Crippen molar-refractivity contribution >= 4 is 27.5 Å². The Labute approximate surface area is 185 Å². The quantitative estimate of drug-likeness (QED) is 0.635. The minimum absolute atomic E-state index is 0.0962. The van der Waals surface area contributed by atoms with Crippen molar-refractivity contribution in [1.29, 1.82) is 0 Å². The number of aryl methyl sites for hydroxylation is 1. The molecule has 31 heavy (non-hydrogen) atoms. The van der Waals surface area contributed by atoms with Crippen LogP contribution in [0.2, 0.25) is 5.02 Å². The van der Waals surface area contributed by atoms with Gasteiger partial charge in [0.1, 0.15) is 17.0 Å². The van der Waals surface area contributed by atoms with Crippen molar-refractivity contribution in [2.24, 2.45) is 5.14 Å². The van der Waals surface area contributed by atoms with Crippen LogP contribution in [0.3, 0.4) is 0 Å². The van der Waals surface area contributed by atoms with Crippen LogP contribution in [-0.4, -0.2) is 37.5 Å². The number of aromatic nitrogens is 1. The third kappa shape index (κ3) is 4.37. The van der Waals surface area contributed by atoms with Crippen LogP contribution in [0, 0.1) is 6.92 Å². The molecule has 1 aliphatic rings. The molecule has 1 fully saturated rings. The van der Waals surface area contributed by atoms with Crippen LogP contribution in [0.1, 0.15) is 40.4 Å². The average Bonchev–Trinajstić information content (AvgIpc) is 3.14. The number of amides is 1. The Morgan fingerprint density at radius 1 is 1.13 bits per heavy atom. The molecule has 1 aliphatic heterocycles. The van der Waals surface area contributed by atoms with E-state index in [1.807, 2.05) is 18.2 Å². The first kappa shape index (κ1) is 21.5. The number of primary sulfonamides is 1. The maximum atomic E-state index is 13.3. The molecule has 2 heterocycles. The van der Waals surface area contributed by atoms with Crippen LogP contribution in [0.4, 0.5) is 0 Å². The second-order valence-corrected chi connectivity index (χ2v) is 9.59. The maximum absolute atomic E-state index is 13.3. The molecule has 9 heteroatoms. The molecule has 0 bridgehead atoms. The van der Waals surface area contributed by atoms with Crippen LogP contribution in [0.25, 0.3) is 11.3 Å². The zero-order chi connectivity index (χ0) is 22.2. The first-order valence-corrected chi connectivity index (χ1v) is 11.8. The van der Waals surface area contributed by atoms with Gasteiger partial charge in [-0.25, -0.2) is 13.6 Å². The molecule has 0 aliphatic carbocycles. The predicted octanol–water partition coefficient (Wildman–Crippen LogP) is 3.97. The smallest absolute Gasteiger partial charge is 0.259 e. The number of sulfonamides is 1. The van der Waals surface area contributed by atoms with E-state index < -0.39 is 10.0 Å². The third-order valence-corrected chi connectivity index (χ3v) is 6.93. The van der Waals surface area contributed by atoms with Gasteiger partial charge in [0.25, 0.3) is 5.91 Å². The number of hydrogen-bond acceptors (Lipinski definition) is 5. The van der Waals surface area contributed by atoms with E-state index in [-0.39, 0.29) is 16.7 Å². The van der Waals surface area contributed by atoms with Crippen molar-refractivity contribution in [3.05, 3.63) is 70.4 Å². The van der Waals surface area contributed by atoms with Gasteiger partial charge in [-0.3, -0.25) is 4.79 Å². The van der Waals surface area contributed by atoms with Crippen molar-refractivity contribution in [2.45, 2.75) is 30.6 Å². The molecule has 0 spiro atoms. The Balaban J connectivity index is 1.50. The number of rotatable bonds is 4. The van der Waals surface area contributed by atoms with Gasteiger partial charge in [-0.05, 0) is 49.4 Å². The number of halogens is 1. The minimum atomic E-state index is -3.71. The molecular weight excluding hydrogens is 438 g/mol. The summed E-state index contributed by atoms with van der Waals surface area (Å²) in [6.07, 6.45) is 1.54. The number of nitrogens with two attached hydrogens (primary N) is 1. The SMILES string of the molecule is Cc1onc(-c2ccccc2Cl)c1C(=O)N1CCC(c2ccc(S(N)(=O)=O)cc2)CC1. The van der Waals surface area contributed by atoms with Crippen molar-refractivity contribution in [3.8, 4) is 11.3 Å². The van der Waals surface area contributed by atoms with Gasteiger partial charge in [-0.1, -0.05) is 47.1 Å². The number of hydrogen-bond donors (Lipinski definition) is 1. The molecule has 7 nitrogen and oxygen atoms in total. The number of piperidine rings is 1. The molecule has 0 saturated carbocycles. The predicted molar refractivity (Wildman–Crippen MR) is 117 cm³/mol. The van der Waals surface area contributed by atoms with E-state index >= 15 is 0 Å². The summed E-state index contributed by atoms with van der Waals surface area (Å²) in [6.45, 7) is 2.88.